The maximum absolute atomic E-state index is 13.0. The topological polar surface area (TPSA) is 105 Å². The zero-order chi connectivity index (χ0) is 49.2. The number of nitrogens with zero attached hydrogens (tertiary/aromatic N) is 1. The largest absolute Gasteiger partial charge is 0.472 e. The standard InChI is InChI=1S/C58H115N2O6P/c1-6-8-10-12-14-16-18-20-22-24-26-28-29-30-31-32-34-36-38-40-42-44-46-48-50-52-58(62)59-56(55-66-67(63,64)65-54-53-60(3,4)5)57(61)51-49-47-45-43-41-39-37-35-33-27-25-23-21-19-17-15-13-11-9-7-2/h24,26,49,51,56-57,61H,6-23,25,27-48,50,52-55H2,1-5H3,(H-,59,62,63,64)/p+1/b26-24-,51-49+. The van der Waals surface area contributed by atoms with Crippen LogP contribution in [0.3, 0.4) is 0 Å². The highest BCUT2D eigenvalue weighted by Gasteiger charge is 2.27. The van der Waals surface area contributed by atoms with Crippen molar-refractivity contribution in [3.63, 3.8) is 0 Å². The molecule has 1 amide bonds. The van der Waals surface area contributed by atoms with Gasteiger partial charge in [0.1, 0.15) is 13.2 Å². The molecule has 0 aliphatic heterocycles. The Balaban J connectivity index is 4.18. The van der Waals surface area contributed by atoms with Crippen molar-refractivity contribution in [3.05, 3.63) is 24.3 Å². The van der Waals surface area contributed by atoms with E-state index in [-0.39, 0.29) is 19.1 Å². The first-order chi connectivity index (χ1) is 32.5. The van der Waals surface area contributed by atoms with Crippen molar-refractivity contribution in [2.75, 3.05) is 40.9 Å². The van der Waals surface area contributed by atoms with Crippen LogP contribution < -0.4 is 5.32 Å². The van der Waals surface area contributed by atoms with Crippen LogP contribution in [0.15, 0.2) is 24.3 Å². The van der Waals surface area contributed by atoms with E-state index in [2.05, 4.69) is 31.3 Å². The number of rotatable bonds is 54. The molecule has 0 radical (unpaired) electrons. The molecule has 0 saturated carbocycles. The summed E-state index contributed by atoms with van der Waals surface area (Å²) in [6.45, 7) is 4.86. The second-order valence-electron chi connectivity index (χ2n) is 21.4. The highest BCUT2D eigenvalue weighted by molar-refractivity contribution is 7.47. The zero-order valence-electron chi connectivity index (χ0n) is 45.4. The Morgan fingerprint density at radius 2 is 0.806 bits per heavy atom. The summed E-state index contributed by atoms with van der Waals surface area (Å²) in [6, 6.07) is -0.845. The van der Waals surface area contributed by atoms with Crippen LogP contribution in [0.25, 0.3) is 0 Å². The van der Waals surface area contributed by atoms with E-state index in [1.165, 1.54) is 238 Å². The molecule has 0 aromatic carbocycles. The Kier molecular flexibility index (Phi) is 49.2. The zero-order valence-corrected chi connectivity index (χ0v) is 46.3. The number of likely N-dealkylation sites (N-methyl/N-ethyl adjacent to an activating group) is 1. The van der Waals surface area contributed by atoms with Gasteiger partial charge in [0.25, 0.3) is 0 Å². The van der Waals surface area contributed by atoms with Gasteiger partial charge in [0, 0.05) is 6.42 Å². The molecule has 0 aromatic heterocycles. The third-order valence-electron chi connectivity index (χ3n) is 13.4. The van der Waals surface area contributed by atoms with Crippen molar-refractivity contribution in [2.45, 2.75) is 302 Å². The van der Waals surface area contributed by atoms with Crippen LogP contribution in [-0.2, 0) is 18.4 Å². The van der Waals surface area contributed by atoms with Crippen molar-refractivity contribution in [1.82, 2.24) is 5.32 Å². The Morgan fingerprint density at radius 1 is 0.493 bits per heavy atom. The van der Waals surface area contributed by atoms with Crippen LogP contribution in [0, 0.1) is 0 Å². The Bertz CT molecular complexity index is 1140. The molecular weight excluding hydrogens is 852 g/mol. The summed E-state index contributed by atoms with van der Waals surface area (Å²) < 4.78 is 23.7. The van der Waals surface area contributed by atoms with Crippen LogP contribution in [-0.4, -0.2) is 73.4 Å². The fraction of sp³-hybridized carbons (Fsp3) is 0.914. The van der Waals surface area contributed by atoms with Gasteiger partial charge in [0.2, 0.25) is 5.91 Å². The number of amides is 1. The molecule has 0 aliphatic carbocycles. The van der Waals surface area contributed by atoms with E-state index in [1.807, 2.05) is 27.2 Å². The van der Waals surface area contributed by atoms with Crippen LogP contribution in [0.2, 0.25) is 0 Å². The third-order valence-corrected chi connectivity index (χ3v) is 14.4. The highest BCUT2D eigenvalue weighted by Crippen LogP contribution is 2.43. The Hall–Kier alpha value is -1.02. The molecule has 0 aromatic rings. The molecule has 8 nitrogen and oxygen atoms in total. The molecule has 398 valence electrons. The van der Waals surface area contributed by atoms with Crippen molar-refractivity contribution in [1.29, 1.82) is 0 Å². The highest BCUT2D eigenvalue weighted by atomic mass is 31.2. The molecule has 0 spiro atoms. The van der Waals surface area contributed by atoms with Gasteiger partial charge in [-0.3, -0.25) is 13.8 Å². The van der Waals surface area contributed by atoms with E-state index in [1.54, 1.807) is 6.08 Å². The second-order valence-corrected chi connectivity index (χ2v) is 22.8. The quantitative estimate of drug-likeness (QED) is 0.0243. The number of quaternary nitrogens is 1. The summed E-state index contributed by atoms with van der Waals surface area (Å²) >= 11 is 0. The number of hydrogen-bond acceptors (Lipinski definition) is 5. The molecule has 0 heterocycles. The van der Waals surface area contributed by atoms with Crippen LogP contribution in [0.4, 0.5) is 0 Å². The Labute approximate surface area is 417 Å². The number of carbonyl (C=O) groups excluding carboxylic acids is 1. The van der Waals surface area contributed by atoms with E-state index in [0.717, 1.165) is 32.1 Å². The molecule has 3 atom stereocenters. The number of aliphatic hydroxyl groups is 1. The molecule has 0 bridgehead atoms. The number of unbranched alkanes of at least 4 members (excludes halogenated alkanes) is 39. The maximum Gasteiger partial charge on any atom is 0.472 e. The predicted octanol–water partition coefficient (Wildman–Crippen LogP) is 17.6. The van der Waals surface area contributed by atoms with Gasteiger partial charge in [-0.25, -0.2) is 4.57 Å². The van der Waals surface area contributed by atoms with Gasteiger partial charge in [0.05, 0.1) is 39.9 Å². The first-order valence-corrected chi connectivity index (χ1v) is 30.7. The molecular formula is C58H116N2O6P+. The van der Waals surface area contributed by atoms with Crippen molar-refractivity contribution < 1.29 is 32.9 Å². The summed E-state index contributed by atoms with van der Waals surface area (Å²) in [5.74, 6) is -0.172. The molecule has 0 saturated heterocycles. The lowest BCUT2D eigenvalue weighted by Crippen LogP contribution is -2.45. The normalized spacial score (nSPS) is 14.1. The minimum Gasteiger partial charge on any atom is -0.387 e. The van der Waals surface area contributed by atoms with Crippen LogP contribution in [0.1, 0.15) is 290 Å². The summed E-state index contributed by atoms with van der Waals surface area (Å²) in [5, 5.41) is 13.9. The van der Waals surface area contributed by atoms with Crippen molar-refractivity contribution in [2.24, 2.45) is 0 Å². The summed E-state index contributed by atoms with van der Waals surface area (Å²) in [6.07, 6.45) is 62.7. The predicted molar refractivity (Wildman–Crippen MR) is 291 cm³/mol. The molecule has 3 unspecified atom stereocenters. The number of phosphoric acid groups is 1. The number of aliphatic hydroxyl groups excluding tert-OH is 1. The molecule has 0 rings (SSSR count). The van der Waals surface area contributed by atoms with E-state index in [9.17, 15) is 19.4 Å². The SMILES string of the molecule is CCCCCCCCCC/C=C\CCCCCCCCCCCCCCCC(=O)NC(COP(=O)(O)OCC[N+](C)(C)C)C(O)/C=C/CCCCCCCCCCCCCCCCCCCC. The summed E-state index contributed by atoms with van der Waals surface area (Å²) in [4.78, 5) is 23.3. The molecule has 67 heavy (non-hydrogen) atoms. The first kappa shape index (κ1) is 66.0. The molecule has 0 aliphatic rings. The van der Waals surface area contributed by atoms with Gasteiger partial charge in [-0.1, -0.05) is 263 Å². The smallest absolute Gasteiger partial charge is 0.387 e. The number of nitrogens with one attached hydrogen (secondary N) is 1. The van der Waals surface area contributed by atoms with Gasteiger partial charge in [-0.2, -0.15) is 0 Å². The lowest BCUT2D eigenvalue weighted by molar-refractivity contribution is -0.870. The number of allylic oxidation sites excluding steroid dienone is 3. The fourth-order valence-electron chi connectivity index (χ4n) is 8.80. The molecule has 3 N–H and O–H groups in total. The van der Waals surface area contributed by atoms with E-state index in [4.69, 9.17) is 9.05 Å². The average molecular weight is 969 g/mol. The van der Waals surface area contributed by atoms with E-state index < -0.39 is 20.0 Å². The lowest BCUT2D eigenvalue weighted by Gasteiger charge is -2.25. The van der Waals surface area contributed by atoms with Gasteiger partial charge in [-0.05, 0) is 44.9 Å². The lowest BCUT2D eigenvalue weighted by atomic mass is 10.0. The number of carbonyl (C=O) groups is 1. The minimum absolute atomic E-state index is 0.0636. The van der Waals surface area contributed by atoms with E-state index in [0.29, 0.717) is 17.4 Å². The summed E-state index contributed by atoms with van der Waals surface area (Å²) in [5.41, 5.74) is 0. The molecule has 0 fully saturated rings. The van der Waals surface area contributed by atoms with E-state index >= 15 is 0 Å². The molecule has 9 heteroatoms. The minimum atomic E-state index is -4.34. The first-order valence-electron chi connectivity index (χ1n) is 29.2. The van der Waals surface area contributed by atoms with Gasteiger partial charge >= 0.3 is 7.82 Å². The number of hydrogen-bond donors (Lipinski definition) is 3. The average Bonchev–Trinajstić information content (AvgIpc) is 3.29. The van der Waals surface area contributed by atoms with Crippen LogP contribution in [0.5, 0.6) is 0 Å². The third kappa shape index (κ3) is 52.6. The van der Waals surface area contributed by atoms with Crippen molar-refractivity contribution in [3.8, 4) is 0 Å². The fourth-order valence-corrected chi connectivity index (χ4v) is 9.54. The van der Waals surface area contributed by atoms with Gasteiger partial charge in [-0.15, -0.1) is 0 Å². The van der Waals surface area contributed by atoms with Gasteiger partial charge in [0.15, 0.2) is 0 Å². The maximum atomic E-state index is 13.0. The Morgan fingerprint density at radius 3 is 1.15 bits per heavy atom. The van der Waals surface area contributed by atoms with Crippen molar-refractivity contribution >= 4 is 13.7 Å². The summed E-state index contributed by atoms with van der Waals surface area (Å²) in [7, 11) is 1.58. The monoisotopic (exact) mass is 968 g/mol. The second kappa shape index (κ2) is 49.9. The number of phosphoric ester groups is 1. The van der Waals surface area contributed by atoms with Crippen LogP contribution >= 0.6 is 7.82 Å². The van der Waals surface area contributed by atoms with Gasteiger partial charge < -0.3 is 19.8 Å².